The standard InChI is InChI=1S/C25H24FN5/c26-22-11-10-18-19(14-27-24(18)30-22)25-29-21(16-4-2-1-3-5-16)13-23(31-25)28-20-12-15-6-8-17(20)9-7-15/h1-5,10-11,13-15,17,20H,6-9,12H2,(H,27,30)(H,28,29,31)/t15?,17?,20-/m1/s1. The van der Waals surface area contributed by atoms with Crippen LogP contribution in [-0.2, 0) is 0 Å². The first-order chi connectivity index (χ1) is 15.2. The van der Waals surface area contributed by atoms with Crippen LogP contribution in [-0.4, -0.2) is 26.0 Å². The maximum Gasteiger partial charge on any atom is 0.214 e. The lowest BCUT2D eigenvalue weighted by Gasteiger charge is -2.42. The van der Waals surface area contributed by atoms with Gasteiger partial charge in [0.1, 0.15) is 11.5 Å². The normalized spacial score (nSPS) is 22.7. The van der Waals surface area contributed by atoms with Gasteiger partial charge in [-0.3, -0.25) is 0 Å². The lowest BCUT2D eigenvalue weighted by molar-refractivity contribution is 0.157. The summed E-state index contributed by atoms with van der Waals surface area (Å²) >= 11 is 0. The molecule has 0 unspecified atom stereocenters. The molecular weight excluding hydrogens is 389 g/mol. The number of nitrogens with zero attached hydrogens (tertiary/aromatic N) is 3. The number of halogens is 1. The highest BCUT2D eigenvalue weighted by atomic mass is 19.1. The molecule has 3 saturated carbocycles. The maximum atomic E-state index is 13.6. The molecule has 2 N–H and O–H groups in total. The van der Waals surface area contributed by atoms with E-state index in [4.69, 9.17) is 9.97 Å². The smallest absolute Gasteiger partial charge is 0.214 e. The van der Waals surface area contributed by atoms with Crippen LogP contribution in [0.15, 0.2) is 54.7 Å². The van der Waals surface area contributed by atoms with Gasteiger partial charge in [0.2, 0.25) is 5.95 Å². The minimum absolute atomic E-state index is 0.470. The van der Waals surface area contributed by atoms with Crippen molar-refractivity contribution in [2.45, 2.75) is 38.1 Å². The van der Waals surface area contributed by atoms with Crippen molar-refractivity contribution in [3.63, 3.8) is 0 Å². The van der Waals surface area contributed by atoms with Gasteiger partial charge in [-0.15, -0.1) is 0 Å². The summed E-state index contributed by atoms with van der Waals surface area (Å²) in [5.41, 5.74) is 3.25. The molecule has 0 radical (unpaired) electrons. The second-order valence-corrected chi connectivity index (χ2v) is 8.83. The van der Waals surface area contributed by atoms with Crippen molar-refractivity contribution >= 4 is 16.9 Å². The van der Waals surface area contributed by atoms with Crippen molar-refractivity contribution in [2.24, 2.45) is 11.8 Å². The SMILES string of the molecule is Fc1ccc2c(-c3nc(N[C@@H]4CC5CCC4CC5)cc(-c4ccccc4)n3)c[nH]c2n1. The Morgan fingerprint density at radius 1 is 0.935 bits per heavy atom. The number of H-pyrrole nitrogens is 1. The summed E-state index contributed by atoms with van der Waals surface area (Å²) in [7, 11) is 0. The summed E-state index contributed by atoms with van der Waals surface area (Å²) in [6.45, 7) is 0. The molecule has 7 rings (SSSR count). The van der Waals surface area contributed by atoms with Crippen LogP contribution in [0.25, 0.3) is 33.7 Å². The first-order valence-electron chi connectivity index (χ1n) is 11.1. The molecule has 0 amide bonds. The summed E-state index contributed by atoms with van der Waals surface area (Å²) in [5, 5.41) is 4.56. The molecule has 0 aliphatic heterocycles. The van der Waals surface area contributed by atoms with Gasteiger partial charge in [-0.2, -0.15) is 4.39 Å². The highest BCUT2D eigenvalue weighted by Crippen LogP contribution is 2.42. The van der Waals surface area contributed by atoms with Gasteiger partial charge in [0.15, 0.2) is 5.82 Å². The van der Waals surface area contributed by atoms with Crippen LogP contribution in [0.5, 0.6) is 0 Å². The largest absolute Gasteiger partial charge is 0.367 e. The zero-order chi connectivity index (χ0) is 20.8. The number of hydrogen-bond donors (Lipinski definition) is 2. The Labute approximate surface area is 180 Å². The highest BCUT2D eigenvalue weighted by molar-refractivity contribution is 5.92. The first kappa shape index (κ1) is 18.5. The van der Waals surface area contributed by atoms with E-state index < -0.39 is 5.95 Å². The quantitative estimate of drug-likeness (QED) is 0.414. The van der Waals surface area contributed by atoms with E-state index in [-0.39, 0.29) is 0 Å². The Balaban J connectivity index is 1.43. The molecule has 5 nitrogen and oxygen atoms in total. The van der Waals surface area contributed by atoms with E-state index in [1.165, 1.54) is 38.2 Å². The first-order valence-corrected chi connectivity index (χ1v) is 11.1. The van der Waals surface area contributed by atoms with Crippen LogP contribution in [0.4, 0.5) is 10.2 Å². The number of rotatable bonds is 4. The van der Waals surface area contributed by atoms with E-state index in [9.17, 15) is 4.39 Å². The van der Waals surface area contributed by atoms with E-state index >= 15 is 0 Å². The van der Waals surface area contributed by atoms with Crippen molar-refractivity contribution < 1.29 is 4.39 Å². The molecule has 31 heavy (non-hydrogen) atoms. The number of pyridine rings is 1. The molecule has 4 aromatic rings. The molecule has 3 aliphatic rings. The van der Waals surface area contributed by atoms with Gasteiger partial charge in [-0.25, -0.2) is 15.0 Å². The van der Waals surface area contributed by atoms with Crippen LogP contribution in [0.1, 0.15) is 32.1 Å². The van der Waals surface area contributed by atoms with Crippen LogP contribution in [0, 0.1) is 17.8 Å². The van der Waals surface area contributed by atoms with Crippen molar-refractivity contribution in [1.82, 2.24) is 19.9 Å². The van der Waals surface area contributed by atoms with Crippen molar-refractivity contribution in [3.05, 3.63) is 60.7 Å². The number of anilines is 1. The van der Waals surface area contributed by atoms with Gasteiger partial charge in [-0.1, -0.05) is 43.2 Å². The lowest BCUT2D eigenvalue weighted by Crippen LogP contribution is -2.40. The van der Waals surface area contributed by atoms with Gasteiger partial charge >= 0.3 is 0 Å². The Morgan fingerprint density at radius 3 is 2.55 bits per heavy atom. The Hall–Kier alpha value is -3.28. The fraction of sp³-hybridized carbons (Fsp3) is 0.320. The molecule has 0 saturated heterocycles. The van der Waals surface area contributed by atoms with E-state index in [0.717, 1.165) is 39.9 Å². The molecule has 156 valence electrons. The molecule has 1 aromatic carbocycles. The second-order valence-electron chi connectivity index (χ2n) is 8.83. The third-order valence-electron chi connectivity index (χ3n) is 6.92. The molecule has 0 spiro atoms. The predicted octanol–water partition coefficient (Wildman–Crippen LogP) is 5.82. The molecule has 1 atom stereocenters. The Bertz CT molecular complexity index is 1230. The van der Waals surface area contributed by atoms with E-state index in [2.05, 4.69) is 27.4 Å². The number of hydrogen-bond acceptors (Lipinski definition) is 4. The fourth-order valence-electron chi connectivity index (χ4n) is 5.31. The number of aromatic amines is 1. The van der Waals surface area contributed by atoms with Crippen molar-refractivity contribution in [3.8, 4) is 22.6 Å². The van der Waals surface area contributed by atoms with Gasteiger partial charge in [0.05, 0.1) is 5.69 Å². The predicted molar refractivity (Wildman–Crippen MR) is 120 cm³/mol. The summed E-state index contributed by atoms with van der Waals surface area (Å²) in [6, 6.07) is 15.8. The van der Waals surface area contributed by atoms with E-state index in [1.54, 1.807) is 6.07 Å². The van der Waals surface area contributed by atoms with Crippen LogP contribution >= 0.6 is 0 Å². The molecule has 3 heterocycles. The molecule has 2 bridgehead atoms. The lowest BCUT2D eigenvalue weighted by atomic mass is 9.68. The van der Waals surface area contributed by atoms with Crippen LogP contribution < -0.4 is 5.32 Å². The maximum absolute atomic E-state index is 13.6. The summed E-state index contributed by atoms with van der Waals surface area (Å²) in [4.78, 5) is 16.8. The molecular formula is C25H24FN5. The highest BCUT2D eigenvalue weighted by Gasteiger charge is 2.35. The average molecular weight is 414 g/mol. The van der Waals surface area contributed by atoms with Gasteiger partial charge in [-0.05, 0) is 43.2 Å². The fourth-order valence-corrected chi connectivity index (χ4v) is 5.31. The number of nitrogens with one attached hydrogen (secondary N) is 2. The minimum Gasteiger partial charge on any atom is -0.367 e. The van der Waals surface area contributed by atoms with Gasteiger partial charge in [0, 0.05) is 34.8 Å². The average Bonchev–Trinajstić information content (AvgIpc) is 3.23. The molecule has 6 heteroatoms. The Kier molecular flexibility index (Phi) is 4.44. The number of fused-ring (bicyclic) bond motifs is 4. The summed E-state index contributed by atoms with van der Waals surface area (Å²) < 4.78 is 13.6. The van der Waals surface area contributed by atoms with Crippen molar-refractivity contribution in [2.75, 3.05) is 5.32 Å². The van der Waals surface area contributed by atoms with Crippen LogP contribution in [0.2, 0.25) is 0 Å². The second kappa shape index (κ2) is 7.45. The Morgan fingerprint density at radius 2 is 1.77 bits per heavy atom. The number of aromatic nitrogens is 4. The van der Waals surface area contributed by atoms with E-state index in [1.807, 2.05) is 30.5 Å². The number of benzene rings is 1. The zero-order valence-electron chi connectivity index (χ0n) is 17.2. The van der Waals surface area contributed by atoms with Gasteiger partial charge < -0.3 is 10.3 Å². The molecule has 3 aromatic heterocycles. The van der Waals surface area contributed by atoms with Crippen LogP contribution in [0.3, 0.4) is 0 Å². The molecule has 3 aliphatic carbocycles. The zero-order valence-corrected chi connectivity index (χ0v) is 17.2. The third-order valence-corrected chi connectivity index (χ3v) is 6.92. The molecule has 3 fully saturated rings. The third kappa shape index (κ3) is 3.46. The van der Waals surface area contributed by atoms with Crippen molar-refractivity contribution in [1.29, 1.82) is 0 Å². The topological polar surface area (TPSA) is 66.5 Å². The monoisotopic (exact) mass is 413 g/mol. The van der Waals surface area contributed by atoms with E-state index in [0.29, 0.717) is 17.5 Å². The summed E-state index contributed by atoms with van der Waals surface area (Å²) in [6.07, 6.45) is 8.39. The van der Waals surface area contributed by atoms with Gasteiger partial charge in [0.25, 0.3) is 0 Å². The summed E-state index contributed by atoms with van der Waals surface area (Å²) in [5.74, 6) is 2.53. The minimum atomic E-state index is -0.505.